The molecule has 3 rings (SSSR count). The summed E-state index contributed by atoms with van der Waals surface area (Å²) in [6, 6.07) is 0. The molecule has 6 atom stereocenters. The highest BCUT2D eigenvalue weighted by Gasteiger charge is 2.50. The Morgan fingerprint density at radius 3 is 2.42 bits per heavy atom. The van der Waals surface area contributed by atoms with E-state index in [0.29, 0.717) is 30.1 Å². The zero-order valence-electron chi connectivity index (χ0n) is 20.5. The first-order valence-electron chi connectivity index (χ1n) is 12.7. The Morgan fingerprint density at radius 1 is 1.13 bits per heavy atom. The predicted molar refractivity (Wildman–Crippen MR) is 129 cm³/mol. The molecule has 0 aromatic rings. The van der Waals surface area contributed by atoms with Crippen LogP contribution in [0.3, 0.4) is 0 Å². The second-order valence-corrected chi connectivity index (χ2v) is 11.6. The first kappa shape index (κ1) is 24.7. The smallest absolute Gasteiger partial charge is 0.0812 e. The second kappa shape index (κ2) is 9.93. The van der Waals surface area contributed by atoms with Crippen LogP contribution in [0.5, 0.6) is 0 Å². The molecule has 3 aliphatic rings. The fraction of sp³-hybridized carbons (Fsp3) is 0.786. The number of fused-ring (bicyclic) bond motifs is 1. The molecule has 0 bridgehead atoms. The topological polar surface area (TPSA) is 60.7 Å². The lowest BCUT2D eigenvalue weighted by Crippen LogP contribution is -2.36. The fourth-order valence-electron chi connectivity index (χ4n) is 7.06. The molecule has 0 aromatic heterocycles. The summed E-state index contributed by atoms with van der Waals surface area (Å²) in [5, 5.41) is 30.7. The van der Waals surface area contributed by atoms with Crippen molar-refractivity contribution < 1.29 is 15.3 Å². The standard InChI is InChI=1S/C28H46O3/c1-6-22-25(29)17-20(18-26(22)30)11-12-21-10-8-16-28(5)23(13-14-24(21)28)19(2)9-7-15-27(3,4)31/h6,11-12,19,23-26,29-31H,7-10,13-18H2,1-5H3/b20-11?,21-12+,22-6?/t19?,23?,24?,25-,26-,28-/m1/s1. The lowest BCUT2D eigenvalue weighted by atomic mass is 9.60. The lowest BCUT2D eigenvalue weighted by Gasteiger charge is -2.44. The van der Waals surface area contributed by atoms with Crippen LogP contribution in [0.4, 0.5) is 0 Å². The molecule has 176 valence electrons. The van der Waals surface area contributed by atoms with Crippen LogP contribution < -0.4 is 0 Å². The van der Waals surface area contributed by atoms with Crippen molar-refractivity contribution in [2.75, 3.05) is 0 Å². The highest BCUT2D eigenvalue weighted by molar-refractivity contribution is 5.30. The summed E-state index contributed by atoms with van der Waals surface area (Å²) in [5.41, 5.74) is 3.37. The lowest BCUT2D eigenvalue weighted by molar-refractivity contribution is 0.0596. The third-order valence-corrected chi connectivity index (χ3v) is 8.72. The first-order chi connectivity index (χ1) is 14.5. The molecule has 3 aliphatic carbocycles. The Balaban J connectivity index is 1.68. The van der Waals surface area contributed by atoms with Gasteiger partial charge in [-0.15, -0.1) is 0 Å². The Labute approximate surface area is 190 Å². The summed E-state index contributed by atoms with van der Waals surface area (Å²) in [4.78, 5) is 0. The van der Waals surface area contributed by atoms with Crippen LogP contribution in [-0.4, -0.2) is 33.1 Å². The largest absolute Gasteiger partial charge is 0.390 e. The van der Waals surface area contributed by atoms with Gasteiger partial charge in [-0.05, 0) is 101 Å². The van der Waals surface area contributed by atoms with Crippen LogP contribution in [0.15, 0.2) is 34.9 Å². The highest BCUT2D eigenvalue weighted by Crippen LogP contribution is 2.60. The van der Waals surface area contributed by atoms with Crippen molar-refractivity contribution in [3.8, 4) is 0 Å². The van der Waals surface area contributed by atoms with E-state index in [1.165, 1.54) is 44.1 Å². The van der Waals surface area contributed by atoms with Gasteiger partial charge >= 0.3 is 0 Å². The normalized spacial score (nSPS) is 36.5. The molecule has 0 aliphatic heterocycles. The van der Waals surface area contributed by atoms with Crippen molar-refractivity contribution in [3.63, 3.8) is 0 Å². The summed E-state index contributed by atoms with van der Waals surface area (Å²) in [6.07, 6.45) is 16.2. The molecular formula is C28H46O3. The van der Waals surface area contributed by atoms with Crippen molar-refractivity contribution >= 4 is 0 Å². The van der Waals surface area contributed by atoms with Gasteiger partial charge in [-0.2, -0.15) is 0 Å². The van der Waals surface area contributed by atoms with Crippen molar-refractivity contribution in [3.05, 3.63) is 34.9 Å². The summed E-state index contributed by atoms with van der Waals surface area (Å²) in [5.74, 6) is 2.15. The summed E-state index contributed by atoms with van der Waals surface area (Å²) < 4.78 is 0. The highest BCUT2D eigenvalue weighted by atomic mass is 16.3. The number of rotatable bonds is 6. The number of hydrogen-bond acceptors (Lipinski definition) is 3. The maximum atomic E-state index is 10.3. The van der Waals surface area contributed by atoms with Gasteiger partial charge in [0.1, 0.15) is 0 Å². The molecule has 3 unspecified atom stereocenters. The number of allylic oxidation sites excluding steroid dienone is 4. The minimum atomic E-state index is -0.552. The minimum Gasteiger partial charge on any atom is -0.390 e. The van der Waals surface area contributed by atoms with Crippen LogP contribution in [0.25, 0.3) is 0 Å². The maximum Gasteiger partial charge on any atom is 0.0812 e. The first-order valence-corrected chi connectivity index (χ1v) is 12.7. The molecular weight excluding hydrogens is 384 g/mol. The van der Waals surface area contributed by atoms with E-state index in [9.17, 15) is 15.3 Å². The molecule has 3 nitrogen and oxygen atoms in total. The van der Waals surface area contributed by atoms with E-state index in [4.69, 9.17) is 0 Å². The Kier molecular flexibility index (Phi) is 7.92. The minimum absolute atomic E-state index is 0.389. The van der Waals surface area contributed by atoms with Crippen LogP contribution in [0, 0.1) is 23.2 Å². The zero-order valence-corrected chi connectivity index (χ0v) is 20.5. The third-order valence-electron chi connectivity index (χ3n) is 8.72. The summed E-state index contributed by atoms with van der Waals surface area (Å²) >= 11 is 0. The molecule has 0 spiro atoms. The zero-order chi connectivity index (χ0) is 22.8. The third kappa shape index (κ3) is 5.72. The molecule has 0 heterocycles. The molecule has 3 fully saturated rings. The van der Waals surface area contributed by atoms with Gasteiger partial charge in [0.05, 0.1) is 17.8 Å². The SMILES string of the molecule is CC=C1[C@H](O)CC(=C/C=C2\CCC[C@@]3(C)C2CCC3C(C)CCCC(C)(C)O)C[C@H]1O. The van der Waals surface area contributed by atoms with E-state index in [1.807, 2.05) is 26.8 Å². The van der Waals surface area contributed by atoms with Crippen molar-refractivity contribution in [1.82, 2.24) is 0 Å². The average Bonchev–Trinajstić information content (AvgIpc) is 3.02. The van der Waals surface area contributed by atoms with E-state index in [1.54, 1.807) is 5.57 Å². The van der Waals surface area contributed by atoms with Crippen molar-refractivity contribution in [2.45, 2.75) is 117 Å². The maximum absolute atomic E-state index is 10.3. The van der Waals surface area contributed by atoms with E-state index in [0.717, 1.165) is 24.3 Å². The van der Waals surface area contributed by atoms with Crippen LogP contribution in [-0.2, 0) is 0 Å². The Hall–Kier alpha value is -0.900. The van der Waals surface area contributed by atoms with E-state index >= 15 is 0 Å². The van der Waals surface area contributed by atoms with Crippen LogP contribution >= 0.6 is 0 Å². The summed E-state index contributed by atoms with van der Waals surface area (Å²) in [6.45, 7) is 10.7. The molecule has 0 aromatic carbocycles. The molecule has 3 heteroatoms. The molecule has 3 N–H and O–H groups in total. The fourth-order valence-corrected chi connectivity index (χ4v) is 7.06. The molecule has 31 heavy (non-hydrogen) atoms. The van der Waals surface area contributed by atoms with E-state index in [2.05, 4.69) is 26.0 Å². The van der Waals surface area contributed by atoms with Gasteiger partial charge in [-0.25, -0.2) is 0 Å². The molecule has 0 radical (unpaired) electrons. The Morgan fingerprint density at radius 2 is 1.81 bits per heavy atom. The van der Waals surface area contributed by atoms with E-state index in [-0.39, 0.29) is 0 Å². The average molecular weight is 431 g/mol. The van der Waals surface area contributed by atoms with E-state index < -0.39 is 17.8 Å². The molecule has 0 saturated heterocycles. The second-order valence-electron chi connectivity index (χ2n) is 11.6. The van der Waals surface area contributed by atoms with Gasteiger partial charge in [-0.3, -0.25) is 0 Å². The number of aliphatic hydroxyl groups excluding tert-OH is 2. The molecule has 0 amide bonds. The van der Waals surface area contributed by atoms with Gasteiger partial charge in [-0.1, -0.05) is 56.1 Å². The summed E-state index contributed by atoms with van der Waals surface area (Å²) in [7, 11) is 0. The van der Waals surface area contributed by atoms with Gasteiger partial charge < -0.3 is 15.3 Å². The van der Waals surface area contributed by atoms with Crippen molar-refractivity contribution in [1.29, 1.82) is 0 Å². The Bertz CT molecular complexity index is 694. The van der Waals surface area contributed by atoms with Gasteiger partial charge in [0.25, 0.3) is 0 Å². The monoisotopic (exact) mass is 430 g/mol. The van der Waals surface area contributed by atoms with Gasteiger partial charge in [0.15, 0.2) is 0 Å². The van der Waals surface area contributed by atoms with Crippen molar-refractivity contribution in [2.24, 2.45) is 23.2 Å². The van der Waals surface area contributed by atoms with Crippen LogP contribution in [0.1, 0.15) is 98.8 Å². The number of aliphatic hydroxyl groups is 3. The van der Waals surface area contributed by atoms with Crippen LogP contribution in [0.2, 0.25) is 0 Å². The van der Waals surface area contributed by atoms with Gasteiger partial charge in [0, 0.05) is 0 Å². The quantitative estimate of drug-likeness (QED) is 0.447. The molecule has 3 saturated carbocycles. The number of hydrogen-bond donors (Lipinski definition) is 3. The van der Waals surface area contributed by atoms with Gasteiger partial charge in [0.2, 0.25) is 0 Å². The predicted octanol–water partition coefficient (Wildman–Crippen LogP) is 6.09.